The average Bonchev–Trinajstić information content (AvgIpc) is 3.20. The second-order valence-corrected chi connectivity index (χ2v) is 6.01. The minimum absolute atomic E-state index is 0.0562. The molecule has 3 aromatic heterocycles. The smallest absolute Gasteiger partial charge is 0.331 e. The lowest BCUT2D eigenvalue weighted by molar-refractivity contribution is 0.543. The highest BCUT2D eigenvalue weighted by molar-refractivity contribution is 6.15. The zero-order valence-corrected chi connectivity index (χ0v) is 13.3. The number of nitrogens with two attached hydrogens (primary N) is 1. The van der Waals surface area contributed by atoms with Crippen molar-refractivity contribution in [1.29, 1.82) is 0 Å². The zero-order valence-electron chi connectivity index (χ0n) is 13.3. The van der Waals surface area contributed by atoms with Crippen LogP contribution >= 0.6 is 0 Å². The van der Waals surface area contributed by atoms with Gasteiger partial charge in [0.25, 0.3) is 5.56 Å². The fourth-order valence-corrected chi connectivity index (χ4v) is 3.33. The van der Waals surface area contributed by atoms with E-state index in [1.165, 1.54) is 4.57 Å². The Morgan fingerprint density at radius 1 is 1.08 bits per heavy atom. The molecule has 0 spiro atoms. The van der Waals surface area contributed by atoms with E-state index in [0.29, 0.717) is 10.9 Å². The molecule has 0 aliphatic rings. The van der Waals surface area contributed by atoms with Gasteiger partial charge in [-0.05, 0) is 25.1 Å². The number of aromatic nitrogens is 4. The third-order valence-electron chi connectivity index (χ3n) is 4.40. The highest BCUT2D eigenvalue weighted by atomic mass is 16.4. The Morgan fingerprint density at radius 3 is 2.64 bits per heavy atom. The Hall–Kier alpha value is -3.61. The molecule has 0 amide bonds. The maximum absolute atomic E-state index is 13.2. The van der Waals surface area contributed by atoms with Gasteiger partial charge in [0.05, 0.1) is 11.0 Å². The van der Waals surface area contributed by atoms with E-state index in [9.17, 15) is 4.79 Å². The fraction of sp³-hybridized carbons (Fsp3) is 0.0556. The summed E-state index contributed by atoms with van der Waals surface area (Å²) < 4.78 is 6.79. The van der Waals surface area contributed by atoms with Crippen LogP contribution in [0.1, 0.15) is 5.56 Å². The fourth-order valence-electron chi connectivity index (χ4n) is 3.33. The van der Waals surface area contributed by atoms with Crippen LogP contribution in [-0.2, 0) is 0 Å². The maximum atomic E-state index is 13.2. The second kappa shape index (κ2) is 4.70. The summed E-state index contributed by atoms with van der Waals surface area (Å²) in [4.78, 5) is 16.6. The molecule has 5 rings (SSSR count). The summed E-state index contributed by atoms with van der Waals surface area (Å²) in [7, 11) is 0. The first-order valence-electron chi connectivity index (χ1n) is 7.78. The summed E-state index contributed by atoms with van der Waals surface area (Å²) in [6.07, 6.45) is 0. The summed E-state index contributed by atoms with van der Waals surface area (Å²) >= 11 is 0. The zero-order chi connectivity index (χ0) is 17.1. The molecule has 122 valence electrons. The normalized spacial score (nSPS) is 11.7. The molecular formula is C18H13N5O2. The Balaban J connectivity index is 2.12. The number of nitrogen functional groups attached to an aromatic ring is 1. The van der Waals surface area contributed by atoms with E-state index < -0.39 is 0 Å². The van der Waals surface area contributed by atoms with Crippen molar-refractivity contribution >= 4 is 38.7 Å². The van der Waals surface area contributed by atoms with Crippen LogP contribution in [0.15, 0.2) is 51.7 Å². The molecule has 0 aliphatic carbocycles. The van der Waals surface area contributed by atoms with Crippen molar-refractivity contribution in [1.82, 2.24) is 19.7 Å². The van der Waals surface area contributed by atoms with Gasteiger partial charge in [-0.1, -0.05) is 40.0 Å². The molecule has 0 fully saturated rings. The van der Waals surface area contributed by atoms with Gasteiger partial charge in [-0.2, -0.15) is 0 Å². The number of rotatable bonds is 1. The highest BCUT2D eigenvalue weighted by Gasteiger charge is 2.19. The minimum Gasteiger partial charge on any atom is -0.389 e. The van der Waals surface area contributed by atoms with E-state index in [2.05, 4.69) is 15.2 Å². The number of hydrogen-bond donors (Lipinski definition) is 2. The van der Waals surface area contributed by atoms with Crippen molar-refractivity contribution < 1.29 is 4.42 Å². The molecular weight excluding hydrogens is 318 g/mol. The lowest BCUT2D eigenvalue weighted by Gasteiger charge is -2.06. The van der Waals surface area contributed by atoms with Crippen molar-refractivity contribution in [3.05, 3.63) is 58.4 Å². The number of hydrogen-bond acceptors (Lipinski definition) is 5. The first-order valence-corrected chi connectivity index (χ1v) is 7.78. The van der Waals surface area contributed by atoms with Crippen molar-refractivity contribution in [2.45, 2.75) is 6.92 Å². The quantitative estimate of drug-likeness (QED) is 0.491. The molecule has 0 aliphatic heterocycles. The maximum Gasteiger partial charge on any atom is 0.331 e. The molecule has 3 heterocycles. The van der Waals surface area contributed by atoms with Gasteiger partial charge in [-0.25, -0.2) is 4.57 Å². The van der Waals surface area contributed by atoms with Crippen LogP contribution in [0.3, 0.4) is 0 Å². The number of anilines is 1. The molecule has 0 saturated carbocycles. The standard InChI is InChI=1S/C18H13N5O2/c1-9-6-7-13-12(8-9)15-14(20-13)10-4-2-3-5-11(10)16(24)23(15)18-22-21-17(19)25-18/h2-8,20H,1H3,(H2,19,21). The van der Waals surface area contributed by atoms with Gasteiger partial charge in [0.15, 0.2) is 0 Å². The Bertz CT molecular complexity index is 1340. The molecule has 0 saturated heterocycles. The molecule has 0 radical (unpaired) electrons. The van der Waals surface area contributed by atoms with Gasteiger partial charge < -0.3 is 15.1 Å². The van der Waals surface area contributed by atoms with Crippen LogP contribution in [-0.4, -0.2) is 19.7 Å². The Morgan fingerprint density at radius 2 is 1.88 bits per heavy atom. The summed E-state index contributed by atoms with van der Waals surface area (Å²) in [5.41, 5.74) is 8.90. The SMILES string of the molecule is Cc1ccc2[nH]c3c4ccccc4c(=O)n(-c4nnc(N)o4)c3c2c1. The third-order valence-corrected chi connectivity index (χ3v) is 4.40. The van der Waals surface area contributed by atoms with Gasteiger partial charge in [0.2, 0.25) is 0 Å². The topological polar surface area (TPSA) is 103 Å². The van der Waals surface area contributed by atoms with Crippen LogP contribution in [0.4, 0.5) is 6.01 Å². The molecule has 5 aromatic rings. The highest BCUT2D eigenvalue weighted by Crippen LogP contribution is 2.31. The van der Waals surface area contributed by atoms with E-state index in [4.69, 9.17) is 10.2 Å². The number of aromatic amines is 1. The van der Waals surface area contributed by atoms with Crippen LogP contribution in [0, 0.1) is 6.92 Å². The molecule has 7 heteroatoms. The number of aryl methyl sites for hydroxylation is 1. The van der Waals surface area contributed by atoms with Crippen LogP contribution in [0.25, 0.3) is 38.7 Å². The van der Waals surface area contributed by atoms with Crippen LogP contribution in [0.5, 0.6) is 0 Å². The number of benzene rings is 2. The van der Waals surface area contributed by atoms with Gasteiger partial charge in [0, 0.05) is 21.7 Å². The number of fused-ring (bicyclic) bond motifs is 5. The summed E-state index contributed by atoms with van der Waals surface area (Å²) in [5, 5.41) is 9.94. The average molecular weight is 331 g/mol. The third kappa shape index (κ3) is 1.83. The van der Waals surface area contributed by atoms with Crippen LogP contribution < -0.4 is 11.3 Å². The number of nitrogens with one attached hydrogen (secondary N) is 1. The predicted molar refractivity (Wildman–Crippen MR) is 95.9 cm³/mol. The first-order chi connectivity index (χ1) is 12.1. The summed E-state index contributed by atoms with van der Waals surface area (Å²) in [5.74, 6) is 0. The first kappa shape index (κ1) is 13.8. The number of nitrogens with zero attached hydrogens (tertiary/aromatic N) is 3. The van der Waals surface area contributed by atoms with Crippen molar-refractivity contribution in [2.75, 3.05) is 5.73 Å². The number of pyridine rings is 1. The van der Waals surface area contributed by atoms with Gasteiger partial charge >= 0.3 is 12.0 Å². The van der Waals surface area contributed by atoms with E-state index in [1.807, 2.05) is 43.3 Å². The Kier molecular flexibility index (Phi) is 2.59. The Labute approximate surface area is 140 Å². The van der Waals surface area contributed by atoms with E-state index in [-0.39, 0.29) is 17.6 Å². The van der Waals surface area contributed by atoms with Gasteiger partial charge in [-0.3, -0.25) is 4.79 Å². The van der Waals surface area contributed by atoms with Gasteiger partial charge in [-0.15, -0.1) is 0 Å². The van der Waals surface area contributed by atoms with Gasteiger partial charge in [0.1, 0.15) is 0 Å². The second-order valence-electron chi connectivity index (χ2n) is 6.01. The predicted octanol–water partition coefficient (Wildman–Crippen LogP) is 2.90. The monoisotopic (exact) mass is 331 g/mol. The summed E-state index contributed by atoms with van der Waals surface area (Å²) in [6, 6.07) is 13.5. The van der Waals surface area contributed by atoms with E-state index in [0.717, 1.165) is 27.4 Å². The lowest BCUT2D eigenvalue weighted by atomic mass is 10.1. The van der Waals surface area contributed by atoms with Crippen molar-refractivity contribution in [3.63, 3.8) is 0 Å². The lowest BCUT2D eigenvalue weighted by Crippen LogP contribution is -2.19. The largest absolute Gasteiger partial charge is 0.389 e. The molecule has 3 N–H and O–H groups in total. The number of H-pyrrole nitrogens is 1. The molecule has 0 atom stereocenters. The molecule has 0 bridgehead atoms. The van der Waals surface area contributed by atoms with Crippen molar-refractivity contribution in [3.8, 4) is 6.01 Å². The molecule has 25 heavy (non-hydrogen) atoms. The minimum atomic E-state index is -0.228. The summed E-state index contributed by atoms with van der Waals surface area (Å²) in [6.45, 7) is 2.01. The molecule has 7 nitrogen and oxygen atoms in total. The van der Waals surface area contributed by atoms with E-state index >= 15 is 0 Å². The van der Waals surface area contributed by atoms with Crippen LogP contribution in [0.2, 0.25) is 0 Å². The molecule has 2 aromatic carbocycles. The van der Waals surface area contributed by atoms with Crippen molar-refractivity contribution in [2.24, 2.45) is 0 Å². The van der Waals surface area contributed by atoms with E-state index in [1.54, 1.807) is 6.07 Å². The molecule has 0 unspecified atom stereocenters.